The van der Waals surface area contributed by atoms with Crippen molar-refractivity contribution < 1.29 is 14.3 Å². The molecule has 0 radical (unpaired) electrons. The molecule has 5 nitrogen and oxygen atoms in total. The van der Waals surface area contributed by atoms with E-state index < -0.39 is 18.0 Å². The molecule has 1 aliphatic rings. The van der Waals surface area contributed by atoms with Crippen LogP contribution in [-0.2, 0) is 9.53 Å². The Labute approximate surface area is 150 Å². The molecule has 130 valence electrons. The Morgan fingerprint density at radius 3 is 2.20 bits per heavy atom. The topological polar surface area (TPSA) is 81.4 Å². The molecule has 0 aromatic heterocycles. The first-order valence-electron chi connectivity index (χ1n) is 8.01. The molecule has 0 fully saturated rings. The van der Waals surface area contributed by atoms with Crippen molar-refractivity contribution in [2.24, 2.45) is 5.73 Å². The van der Waals surface area contributed by atoms with Crippen molar-refractivity contribution >= 4 is 23.8 Å². The van der Waals surface area contributed by atoms with Gasteiger partial charge in [-0.25, -0.2) is 4.79 Å². The summed E-state index contributed by atoms with van der Waals surface area (Å²) < 4.78 is 5.40. The molecule has 1 atom stereocenters. The van der Waals surface area contributed by atoms with Gasteiger partial charge in [-0.2, -0.15) is 11.8 Å². The lowest BCUT2D eigenvalue weighted by atomic mass is 9.98. The molecule has 0 bridgehead atoms. The maximum atomic E-state index is 12.1. The number of alkyl carbamates (subject to hydrolysis) is 1. The maximum absolute atomic E-state index is 12.1. The van der Waals surface area contributed by atoms with Crippen molar-refractivity contribution in [2.45, 2.75) is 12.0 Å². The highest BCUT2D eigenvalue weighted by Gasteiger charge is 2.29. The van der Waals surface area contributed by atoms with E-state index in [-0.39, 0.29) is 12.5 Å². The molecular formula is C19H20N2O3S. The highest BCUT2D eigenvalue weighted by atomic mass is 32.2. The van der Waals surface area contributed by atoms with Gasteiger partial charge >= 0.3 is 6.09 Å². The molecule has 25 heavy (non-hydrogen) atoms. The number of hydrogen-bond acceptors (Lipinski definition) is 4. The number of rotatable bonds is 6. The van der Waals surface area contributed by atoms with Gasteiger partial charge in [-0.3, -0.25) is 4.79 Å². The molecule has 0 unspecified atom stereocenters. The van der Waals surface area contributed by atoms with Gasteiger partial charge in [0.05, 0.1) is 0 Å². The Bertz CT molecular complexity index is 748. The number of nitrogens with one attached hydrogen (secondary N) is 1. The average molecular weight is 356 g/mol. The van der Waals surface area contributed by atoms with Crippen LogP contribution in [0.5, 0.6) is 0 Å². The molecule has 3 rings (SSSR count). The first-order chi connectivity index (χ1) is 12.1. The fourth-order valence-electron chi connectivity index (χ4n) is 3.14. The van der Waals surface area contributed by atoms with E-state index in [2.05, 4.69) is 29.6 Å². The van der Waals surface area contributed by atoms with E-state index in [1.807, 2.05) is 30.5 Å². The van der Waals surface area contributed by atoms with Gasteiger partial charge in [0.1, 0.15) is 12.6 Å². The number of thioether (sulfide) groups is 1. The molecular weight excluding hydrogens is 336 g/mol. The average Bonchev–Trinajstić information content (AvgIpc) is 2.93. The molecule has 3 N–H and O–H groups in total. The lowest BCUT2D eigenvalue weighted by Gasteiger charge is -2.17. The zero-order chi connectivity index (χ0) is 17.8. The molecule has 0 saturated heterocycles. The van der Waals surface area contributed by atoms with E-state index in [4.69, 9.17) is 10.5 Å². The molecule has 0 spiro atoms. The van der Waals surface area contributed by atoms with Crippen LogP contribution in [0, 0.1) is 0 Å². The second kappa shape index (κ2) is 7.61. The Morgan fingerprint density at radius 1 is 1.12 bits per heavy atom. The number of ether oxygens (including phenoxy) is 1. The Kier molecular flexibility index (Phi) is 5.28. The number of hydrogen-bond donors (Lipinski definition) is 2. The summed E-state index contributed by atoms with van der Waals surface area (Å²) in [6.07, 6.45) is 1.22. The Hall–Kier alpha value is -2.47. The SMILES string of the molecule is CSC[C@H](NC(=O)OCC1c2ccccc2-c2ccccc21)C(N)=O. The largest absolute Gasteiger partial charge is 0.449 e. The fourth-order valence-corrected chi connectivity index (χ4v) is 3.72. The van der Waals surface area contributed by atoms with Crippen LogP contribution in [0.25, 0.3) is 11.1 Å². The number of carbonyl (C=O) groups excluding carboxylic acids is 2. The van der Waals surface area contributed by atoms with Crippen molar-refractivity contribution in [2.75, 3.05) is 18.6 Å². The highest BCUT2D eigenvalue weighted by Crippen LogP contribution is 2.44. The molecule has 2 aromatic carbocycles. The third kappa shape index (κ3) is 3.64. The minimum Gasteiger partial charge on any atom is -0.449 e. The summed E-state index contributed by atoms with van der Waals surface area (Å²) in [5.41, 5.74) is 9.93. The van der Waals surface area contributed by atoms with E-state index in [1.165, 1.54) is 22.9 Å². The third-order valence-electron chi connectivity index (χ3n) is 4.31. The summed E-state index contributed by atoms with van der Waals surface area (Å²) in [4.78, 5) is 23.4. The predicted octanol–water partition coefficient (Wildman–Crippen LogP) is 2.74. The Morgan fingerprint density at radius 2 is 1.68 bits per heavy atom. The van der Waals surface area contributed by atoms with Gasteiger partial charge in [-0.05, 0) is 28.5 Å². The number of benzene rings is 2. The van der Waals surface area contributed by atoms with Crippen LogP contribution >= 0.6 is 11.8 Å². The van der Waals surface area contributed by atoms with Crippen molar-refractivity contribution in [3.05, 3.63) is 59.7 Å². The Balaban J connectivity index is 1.71. The summed E-state index contributed by atoms with van der Waals surface area (Å²) in [5.74, 6) is -0.159. The van der Waals surface area contributed by atoms with E-state index in [0.29, 0.717) is 5.75 Å². The molecule has 2 amide bonds. The van der Waals surface area contributed by atoms with Crippen LogP contribution in [0.4, 0.5) is 4.79 Å². The van der Waals surface area contributed by atoms with E-state index in [0.717, 1.165) is 11.1 Å². The van der Waals surface area contributed by atoms with Gasteiger partial charge in [0.15, 0.2) is 0 Å². The first-order valence-corrected chi connectivity index (χ1v) is 9.41. The van der Waals surface area contributed by atoms with Gasteiger partial charge in [0.2, 0.25) is 5.91 Å². The second-order valence-corrected chi connectivity index (χ2v) is 6.79. The van der Waals surface area contributed by atoms with Gasteiger partial charge in [0, 0.05) is 11.7 Å². The van der Waals surface area contributed by atoms with Crippen molar-refractivity contribution in [1.29, 1.82) is 0 Å². The second-order valence-electron chi connectivity index (χ2n) is 5.88. The quantitative estimate of drug-likeness (QED) is 0.834. The predicted molar refractivity (Wildman–Crippen MR) is 99.6 cm³/mol. The molecule has 0 saturated carbocycles. The molecule has 2 aromatic rings. The monoisotopic (exact) mass is 356 g/mol. The molecule has 0 heterocycles. The molecule has 0 aliphatic heterocycles. The van der Waals surface area contributed by atoms with Crippen LogP contribution in [0.2, 0.25) is 0 Å². The van der Waals surface area contributed by atoms with Crippen LogP contribution in [-0.4, -0.2) is 36.7 Å². The smallest absolute Gasteiger partial charge is 0.407 e. The van der Waals surface area contributed by atoms with Crippen LogP contribution in [0.1, 0.15) is 17.0 Å². The first kappa shape index (κ1) is 17.4. The van der Waals surface area contributed by atoms with Crippen LogP contribution in [0.15, 0.2) is 48.5 Å². The van der Waals surface area contributed by atoms with Gasteiger partial charge in [-0.15, -0.1) is 0 Å². The summed E-state index contributed by atoms with van der Waals surface area (Å²) in [6, 6.07) is 15.5. The molecule has 6 heteroatoms. The summed E-state index contributed by atoms with van der Waals surface area (Å²) in [7, 11) is 0. The number of fused-ring (bicyclic) bond motifs is 3. The van der Waals surface area contributed by atoms with Gasteiger partial charge in [-0.1, -0.05) is 48.5 Å². The molecule has 1 aliphatic carbocycles. The normalized spacial score (nSPS) is 13.6. The summed E-state index contributed by atoms with van der Waals surface area (Å²) in [6.45, 7) is 0.213. The lowest BCUT2D eigenvalue weighted by molar-refractivity contribution is -0.119. The van der Waals surface area contributed by atoms with Gasteiger partial charge in [0.25, 0.3) is 0 Å². The van der Waals surface area contributed by atoms with Crippen LogP contribution in [0.3, 0.4) is 0 Å². The van der Waals surface area contributed by atoms with E-state index >= 15 is 0 Å². The lowest BCUT2D eigenvalue weighted by Crippen LogP contribution is -2.46. The number of amides is 2. The minimum atomic E-state index is -0.731. The van der Waals surface area contributed by atoms with Gasteiger partial charge < -0.3 is 15.8 Å². The number of nitrogens with two attached hydrogens (primary N) is 1. The number of primary amides is 1. The fraction of sp³-hybridized carbons (Fsp3) is 0.263. The van der Waals surface area contributed by atoms with Crippen molar-refractivity contribution in [3.8, 4) is 11.1 Å². The van der Waals surface area contributed by atoms with Crippen molar-refractivity contribution in [1.82, 2.24) is 5.32 Å². The minimum absolute atomic E-state index is 0.00858. The highest BCUT2D eigenvalue weighted by molar-refractivity contribution is 7.98. The van der Waals surface area contributed by atoms with Crippen molar-refractivity contribution in [3.63, 3.8) is 0 Å². The van der Waals surface area contributed by atoms with E-state index in [1.54, 1.807) is 0 Å². The summed E-state index contributed by atoms with van der Waals surface area (Å²) in [5, 5.41) is 2.53. The van der Waals surface area contributed by atoms with Crippen LogP contribution < -0.4 is 11.1 Å². The maximum Gasteiger partial charge on any atom is 0.407 e. The zero-order valence-corrected chi connectivity index (χ0v) is 14.7. The number of carbonyl (C=O) groups is 2. The zero-order valence-electron chi connectivity index (χ0n) is 13.9. The standard InChI is InChI=1S/C19H20N2O3S/c1-25-11-17(18(20)22)21-19(23)24-10-16-14-8-4-2-6-12(14)13-7-3-5-9-15(13)16/h2-9,16-17H,10-11H2,1H3,(H2,20,22)(H,21,23)/t17-/m0/s1. The van der Waals surface area contributed by atoms with E-state index in [9.17, 15) is 9.59 Å². The third-order valence-corrected chi connectivity index (χ3v) is 4.98. The summed E-state index contributed by atoms with van der Waals surface area (Å²) >= 11 is 1.43.